The maximum atomic E-state index is 12.3. The van der Waals surface area contributed by atoms with Gasteiger partial charge in [0, 0.05) is 18.4 Å². The van der Waals surface area contributed by atoms with Gasteiger partial charge in [0.25, 0.3) is 5.56 Å². The summed E-state index contributed by atoms with van der Waals surface area (Å²) in [4.78, 5) is 22.4. The molecule has 0 radical (unpaired) electrons. The highest BCUT2D eigenvalue weighted by Crippen LogP contribution is 2.28. The van der Waals surface area contributed by atoms with E-state index in [0.717, 1.165) is 37.3 Å². The first-order valence-corrected chi connectivity index (χ1v) is 8.44. The number of likely N-dealkylation sites (tertiary alicyclic amines) is 1. The minimum atomic E-state index is -0.0646. The number of para-hydroxylation sites is 1. The van der Waals surface area contributed by atoms with Crippen LogP contribution in [0.3, 0.4) is 0 Å². The van der Waals surface area contributed by atoms with Crippen molar-refractivity contribution in [2.24, 2.45) is 0 Å². The Balaban J connectivity index is 1.62. The zero-order valence-corrected chi connectivity index (χ0v) is 13.7. The molecule has 4 rings (SSSR count). The summed E-state index contributed by atoms with van der Waals surface area (Å²) in [6.07, 6.45) is 6.11. The number of fused-ring (bicyclic) bond motifs is 1. The molecule has 3 aromatic rings. The average Bonchev–Trinajstić information content (AvgIpc) is 3.26. The lowest BCUT2D eigenvalue weighted by molar-refractivity contribution is 0.167. The van der Waals surface area contributed by atoms with Crippen LogP contribution in [-0.2, 0) is 6.54 Å². The van der Waals surface area contributed by atoms with Gasteiger partial charge in [-0.15, -0.1) is 0 Å². The highest BCUT2D eigenvalue weighted by atomic mass is 16.1. The van der Waals surface area contributed by atoms with Gasteiger partial charge in [-0.05, 0) is 44.5 Å². The van der Waals surface area contributed by atoms with Crippen LogP contribution in [0, 0.1) is 0 Å². The Bertz CT molecular complexity index is 886. The Morgan fingerprint density at radius 1 is 1.33 bits per heavy atom. The highest BCUT2D eigenvalue weighted by Gasteiger charge is 2.30. The van der Waals surface area contributed by atoms with E-state index in [0.29, 0.717) is 11.4 Å². The second-order valence-corrected chi connectivity index (χ2v) is 6.41. The van der Waals surface area contributed by atoms with Crippen LogP contribution in [0.4, 0.5) is 0 Å². The van der Waals surface area contributed by atoms with E-state index >= 15 is 0 Å². The topological polar surface area (TPSA) is 66.8 Å². The van der Waals surface area contributed by atoms with Crippen molar-refractivity contribution in [3.8, 4) is 0 Å². The van der Waals surface area contributed by atoms with E-state index in [1.165, 1.54) is 0 Å². The van der Waals surface area contributed by atoms with Crippen molar-refractivity contribution in [2.75, 3.05) is 6.54 Å². The molecule has 6 heteroatoms. The van der Waals surface area contributed by atoms with E-state index < -0.39 is 0 Å². The number of rotatable bonds is 4. The molecule has 0 spiro atoms. The summed E-state index contributed by atoms with van der Waals surface area (Å²) in [7, 11) is 0. The fraction of sp³-hybridized carbons (Fsp3) is 0.389. The maximum Gasteiger partial charge on any atom is 0.258 e. The maximum absolute atomic E-state index is 12.3. The summed E-state index contributed by atoms with van der Waals surface area (Å²) in [6, 6.07) is 9.92. The van der Waals surface area contributed by atoms with Crippen LogP contribution in [0.25, 0.3) is 10.9 Å². The Morgan fingerprint density at radius 3 is 3.04 bits per heavy atom. The van der Waals surface area contributed by atoms with Gasteiger partial charge in [-0.3, -0.25) is 14.4 Å². The molecule has 124 valence electrons. The molecule has 1 aliphatic rings. The van der Waals surface area contributed by atoms with E-state index in [1.54, 1.807) is 0 Å². The third-order valence-corrected chi connectivity index (χ3v) is 4.90. The molecule has 2 aromatic heterocycles. The SMILES string of the molecule is C[C@@H](c1nc2ccccc2c(=O)[nH]1)N1CCC[C@H]1Cn1cccn1. The smallest absolute Gasteiger partial charge is 0.258 e. The quantitative estimate of drug-likeness (QED) is 0.800. The number of nitrogens with zero attached hydrogens (tertiary/aromatic N) is 4. The standard InChI is InChI=1S/C18H21N5O/c1-13(17-20-16-8-3-2-7-15(16)18(24)21-17)23-11-4-6-14(23)12-22-10-5-9-19-22/h2-3,5,7-10,13-14H,4,6,11-12H2,1H3,(H,20,21,24)/t13-,14-/m0/s1. The molecule has 2 atom stereocenters. The molecule has 0 saturated carbocycles. The van der Waals surface area contributed by atoms with Gasteiger partial charge in [0.1, 0.15) is 5.82 Å². The lowest BCUT2D eigenvalue weighted by Crippen LogP contribution is -2.36. The van der Waals surface area contributed by atoms with E-state index in [1.807, 2.05) is 47.4 Å². The average molecular weight is 323 g/mol. The van der Waals surface area contributed by atoms with Crippen molar-refractivity contribution in [3.63, 3.8) is 0 Å². The van der Waals surface area contributed by atoms with Crippen molar-refractivity contribution >= 4 is 10.9 Å². The Labute approximate surface area is 140 Å². The first-order valence-electron chi connectivity index (χ1n) is 8.44. The molecule has 0 aliphatic carbocycles. The monoisotopic (exact) mass is 323 g/mol. The first-order chi connectivity index (χ1) is 11.7. The Morgan fingerprint density at radius 2 is 2.21 bits per heavy atom. The lowest BCUT2D eigenvalue weighted by atomic mass is 10.1. The lowest BCUT2D eigenvalue weighted by Gasteiger charge is -2.30. The summed E-state index contributed by atoms with van der Waals surface area (Å²) < 4.78 is 1.98. The van der Waals surface area contributed by atoms with Crippen molar-refractivity contribution in [1.29, 1.82) is 0 Å². The van der Waals surface area contributed by atoms with E-state index in [2.05, 4.69) is 21.9 Å². The molecule has 24 heavy (non-hydrogen) atoms. The molecule has 0 unspecified atom stereocenters. The number of hydrogen-bond donors (Lipinski definition) is 1. The van der Waals surface area contributed by atoms with Crippen LogP contribution >= 0.6 is 0 Å². The predicted octanol–water partition coefficient (Wildman–Crippen LogP) is 2.35. The van der Waals surface area contributed by atoms with Crippen LogP contribution in [0.15, 0.2) is 47.5 Å². The Hall–Kier alpha value is -2.47. The number of H-pyrrole nitrogens is 1. The zero-order valence-electron chi connectivity index (χ0n) is 13.7. The number of benzene rings is 1. The van der Waals surface area contributed by atoms with Gasteiger partial charge in [0.15, 0.2) is 0 Å². The number of aromatic nitrogens is 4. The molecule has 1 aromatic carbocycles. The molecule has 1 aliphatic heterocycles. The van der Waals surface area contributed by atoms with Crippen LogP contribution in [0.5, 0.6) is 0 Å². The zero-order chi connectivity index (χ0) is 16.5. The second kappa shape index (κ2) is 6.20. The minimum Gasteiger partial charge on any atom is -0.309 e. The Kier molecular flexibility index (Phi) is 3.90. The van der Waals surface area contributed by atoms with E-state index in [9.17, 15) is 4.79 Å². The second-order valence-electron chi connectivity index (χ2n) is 6.41. The fourth-order valence-corrected chi connectivity index (χ4v) is 3.65. The normalized spacial score (nSPS) is 19.8. The van der Waals surface area contributed by atoms with Crippen LogP contribution < -0.4 is 5.56 Å². The minimum absolute atomic E-state index is 0.0646. The van der Waals surface area contributed by atoms with Crippen LogP contribution in [0.2, 0.25) is 0 Å². The van der Waals surface area contributed by atoms with Crippen molar-refractivity contribution in [1.82, 2.24) is 24.6 Å². The molecule has 0 amide bonds. The number of hydrogen-bond acceptors (Lipinski definition) is 4. The van der Waals surface area contributed by atoms with Crippen molar-refractivity contribution in [2.45, 2.75) is 38.4 Å². The van der Waals surface area contributed by atoms with E-state index in [4.69, 9.17) is 4.98 Å². The van der Waals surface area contributed by atoms with Gasteiger partial charge in [-0.25, -0.2) is 4.98 Å². The summed E-state index contributed by atoms with van der Waals surface area (Å²) in [5, 5.41) is 4.96. The van der Waals surface area contributed by atoms with Gasteiger partial charge >= 0.3 is 0 Å². The van der Waals surface area contributed by atoms with Crippen molar-refractivity contribution < 1.29 is 0 Å². The summed E-state index contributed by atoms with van der Waals surface area (Å²) in [5.41, 5.74) is 0.691. The summed E-state index contributed by atoms with van der Waals surface area (Å²) in [6.45, 7) is 4.01. The van der Waals surface area contributed by atoms with Gasteiger partial charge in [-0.1, -0.05) is 12.1 Å². The summed E-state index contributed by atoms with van der Waals surface area (Å²) in [5.74, 6) is 0.742. The molecule has 6 nitrogen and oxygen atoms in total. The van der Waals surface area contributed by atoms with E-state index in [-0.39, 0.29) is 11.6 Å². The molecule has 1 N–H and O–H groups in total. The molecule has 0 bridgehead atoms. The molecule has 1 fully saturated rings. The first kappa shape index (κ1) is 15.1. The van der Waals surface area contributed by atoms with Gasteiger partial charge in [0.2, 0.25) is 0 Å². The van der Waals surface area contributed by atoms with Crippen LogP contribution in [0.1, 0.15) is 31.6 Å². The molecule has 3 heterocycles. The van der Waals surface area contributed by atoms with Gasteiger partial charge in [-0.2, -0.15) is 5.10 Å². The number of nitrogens with one attached hydrogen (secondary N) is 1. The third kappa shape index (κ3) is 2.73. The largest absolute Gasteiger partial charge is 0.309 e. The highest BCUT2D eigenvalue weighted by molar-refractivity contribution is 5.77. The van der Waals surface area contributed by atoms with Crippen LogP contribution in [-0.4, -0.2) is 37.2 Å². The summed E-state index contributed by atoms with van der Waals surface area (Å²) >= 11 is 0. The molecular weight excluding hydrogens is 302 g/mol. The molecular formula is C18H21N5O. The predicted molar refractivity (Wildman–Crippen MR) is 92.7 cm³/mol. The van der Waals surface area contributed by atoms with Gasteiger partial charge in [0.05, 0.1) is 23.5 Å². The third-order valence-electron chi connectivity index (χ3n) is 4.90. The number of aromatic amines is 1. The fourth-order valence-electron chi connectivity index (χ4n) is 3.65. The molecule has 1 saturated heterocycles. The van der Waals surface area contributed by atoms with Gasteiger partial charge < -0.3 is 4.98 Å². The van der Waals surface area contributed by atoms with Crippen molar-refractivity contribution in [3.05, 3.63) is 58.9 Å².